The van der Waals surface area contributed by atoms with Gasteiger partial charge in [0.1, 0.15) is 29.8 Å². The highest BCUT2D eigenvalue weighted by molar-refractivity contribution is 6.33. The fourth-order valence-corrected chi connectivity index (χ4v) is 2.03. The van der Waals surface area contributed by atoms with E-state index < -0.39 is 5.97 Å². The summed E-state index contributed by atoms with van der Waals surface area (Å²) >= 11 is 11.5. The Bertz CT molecular complexity index is 744. The molecule has 0 unspecified atom stereocenters. The normalized spacial score (nSPS) is 11.0. The quantitative estimate of drug-likeness (QED) is 0.354. The first kappa shape index (κ1) is 16.2. The number of furan rings is 1. The van der Waals surface area contributed by atoms with E-state index in [2.05, 4.69) is 0 Å². The highest BCUT2D eigenvalue weighted by atomic mass is 35.5. The Morgan fingerprint density at radius 2 is 2.09 bits per heavy atom. The smallest absolute Gasteiger partial charge is 0.349 e. The molecule has 1 aromatic heterocycles. The molecule has 0 atom stereocenters. The Kier molecular flexibility index (Phi) is 5.65. The van der Waals surface area contributed by atoms with Crippen molar-refractivity contribution in [2.75, 3.05) is 12.5 Å². The van der Waals surface area contributed by atoms with Gasteiger partial charge in [0.05, 0.1) is 10.9 Å². The number of carbonyl (C=O) groups excluding carboxylic acids is 1. The minimum atomic E-state index is -0.737. The van der Waals surface area contributed by atoms with E-state index >= 15 is 0 Å². The zero-order valence-corrected chi connectivity index (χ0v) is 12.9. The average molecular weight is 336 g/mol. The number of benzene rings is 1. The second kappa shape index (κ2) is 7.69. The first-order chi connectivity index (χ1) is 10.7. The predicted molar refractivity (Wildman–Crippen MR) is 84.4 cm³/mol. The summed E-state index contributed by atoms with van der Waals surface area (Å²) in [7, 11) is 0. The third-order valence-electron chi connectivity index (χ3n) is 2.70. The first-order valence-corrected chi connectivity index (χ1v) is 7.26. The van der Waals surface area contributed by atoms with Crippen molar-refractivity contribution in [3.8, 4) is 17.4 Å². The van der Waals surface area contributed by atoms with E-state index in [4.69, 9.17) is 37.6 Å². The predicted octanol–water partition coefficient (Wildman–Crippen LogP) is 4.29. The molecule has 0 aliphatic carbocycles. The van der Waals surface area contributed by atoms with Crippen molar-refractivity contribution in [2.24, 2.45) is 0 Å². The van der Waals surface area contributed by atoms with E-state index in [9.17, 15) is 4.79 Å². The molecule has 0 N–H and O–H groups in total. The van der Waals surface area contributed by atoms with Gasteiger partial charge in [-0.1, -0.05) is 23.7 Å². The summed E-state index contributed by atoms with van der Waals surface area (Å²) < 4.78 is 10.4. The van der Waals surface area contributed by atoms with E-state index in [0.29, 0.717) is 16.5 Å². The summed E-state index contributed by atoms with van der Waals surface area (Å²) in [5, 5.41) is 9.56. The molecule has 0 saturated carbocycles. The van der Waals surface area contributed by atoms with Gasteiger partial charge in [0.2, 0.25) is 0 Å². The minimum absolute atomic E-state index is 0.0441. The Morgan fingerprint density at radius 1 is 1.32 bits per heavy atom. The van der Waals surface area contributed by atoms with Crippen LogP contribution < -0.4 is 0 Å². The number of esters is 1. The molecule has 4 nitrogen and oxygen atoms in total. The lowest BCUT2D eigenvalue weighted by atomic mass is 10.2. The molecular weight excluding hydrogens is 325 g/mol. The molecule has 0 amide bonds. The van der Waals surface area contributed by atoms with Crippen LogP contribution in [0.25, 0.3) is 17.4 Å². The van der Waals surface area contributed by atoms with E-state index in [-0.39, 0.29) is 18.1 Å². The second-order valence-corrected chi connectivity index (χ2v) is 4.96. The third-order valence-corrected chi connectivity index (χ3v) is 3.19. The van der Waals surface area contributed by atoms with Crippen molar-refractivity contribution in [2.45, 2.75) is 0 Å². The molecule has 0 aliphatic rings. The summed E-state index contributed by atoms with van der Waals surface area (Å²) in [6, 6.07) is 12.4. The Morgan fingerprint density at radius 3 is 2.77 bits per heavy atom. The maximum absolute atomic E-state index is 11.6. The molecule has 112 valence electrons. The molecular formula is C16H11Cl2NO3. The highest BCUT2D eigenvalue weighted by Gasteiger charge is 2.13. The number of halogens is 2. The number of hydrogen-bond donors (Lipinski definition) is 0. The Hall–Kier alpha value is -2.22. The topological polar surface area (TPSA) is 63.2 Å². The van der Waals surface area contributed by atoms with Crippen LogP contribution in [0.15, 0.2) is 46.4 Å². The molecule has 0 fully saturated rings. The number of ether oxygens (including phenoxy) is 1. The summed E-state index contributed by atoms with van der Waals surface area (Å²) in [5.41, 5.74) is 0.567. The van der Waals surface area contributed by atoms with Gasteiger partial charge in [-0.3, -0.25) is 0 Å². The van der Waals surface area contributed by atoms with Crippen LogP contribution in [0.5, 0.6) is 0 Å². The monoisotopic (exact) mass is 335 g/mol. The second-order valence-electron chi connectivity index (χ2n) is 4.18. The van der Waals surface area contributed by atoms with E-state index in [1.807, 2.05) is 18.2 Å². The molecule has 6 heteroatoms. The van der Waals surface area contributed by atoms with Gasteiger partial charge in [-0.25, -0.2) is 4.79 Å². The molecule has 0 saturated heterocycles. The van der Waals surface area contributed by atoms with Gasteiger partial charge in [0.15, 0.2) is 0 Å². The van der Waals surface area contributed by atoms with Crippen LogP contribution in [0, 0.1) is 11.3 Å². The molecule has 1 aromatic carbocycles. The molecule has 0 bridgehead atoms. The van der Waals surface area contributed by atoms with Gasteiger partial charge >= 0.3 is 5.97 Å². The molecule has 2 rings (SSSR count). The minimum Gasteiger partial charge on any atom is -0.460 e. The van der Waals surface area contributed by atoms with Crippen molar-refractivity contribution < 1.29 is 13.9 Å². The van der Waals surface area contributed by atoms with Gasteiger partial charge < -0.3 is 9.15 Å². The van der Waals surface area contributed by atoms with Gasteiger partial charge in [0, 0.05) is 11.6 Å². The van der Waals surface area contributed by atoms with Crippen LogP contribution in [0.1, 0.15) is 5.76 Å². The van der Waals surface area contributed by atoms with Crippen LogP contribution >= 0.6 is 23.2 Å². The SMILES string of the molecule is N#C/C(=C\c1ccc(-c2ccccc2Cl)o1)C(=O)OCCCl. The zero-order valence-electron chi connectivity index (χ0n) is 11.4. The van der Waals surface area contributed by atoms with Gasteiger partial charge in [0.25, 0.3) is 0 Å². The van der Waals surface area contributed by atoms with Crippen LogP contribution in [0.3, 0.4) is 0 Å². The van der Waals surface area contributed by atoms with Crippen LogP contribution in [-0.2, 0) is 9.53 Å². The van der Waals surface area contributed by atoms with E-state index in [0.717, 1.165) is 5.56 Å². The lowest BCUT2D eigenvalue weighted by molar-refractivity contribution is -0.137. The lowest BCUT2D eigenvalue weighted by Gasteiger charge is -2.00. The summed E-state index contributed by atoms with van der Waals surface area (Å²) in [6.45, 7) is 0.0441. The standard InChI is InChI=1S/C16H11Cl2NO3/c17-7-8-21-16(20)11(10-19)9-12-5-6-15(22-12)13-3-1-2-4-14(13)18/h1-6,9H,7-8H2/b11-9+. The number of nitriles is 1. The summed E-state index contributed by atoms with van der Waals surface area (Å²) in [5.74, 6) is 0.332. The Balaban J connectivity index is 2.24. The Labute approximate surface area is 137 Å². The van der Waals surface area contributed by atoms with E-state index in [1.54, 1.807) is 24.3 Å². The van der Waals surface area contributed by atoms with Crippen molar-refractivity contribution in [1.29, 1.82) is 5.26 Å². The van der Waals surface area contributed by atoms with Gasteiger partial charge in [-0.15, -0.1) is 11.6 Å². The molecule has 0 aliphatic heterocycles. The molecule has 0 spiro atoms. The van der Waals surface area contributed by atoms with E-state index in [1.165, 1.54) is 6.08 Å². The molecule has 1 heterocycles. The fraction of sp³-hybridized carbons (Fsp3) is 0.125. The maximum Gasteiger partial charge on any atom is 0.349 e. The lowest BCUT2D eigenvalue weighted by Crippen LogP contribution is -2.08. The summed E-state index contributed by atoms with van der Waals surface area (Å²) in [6.07, 6.45) is 1.32. The number of nitrogens with zero attached hydrogens (tertiary/aromatic N) is 1. The first-order valence-electron chi connectivity index (χ1n) is 6.35. The van der Waals surface area contributed by atoms with Crippen molar-refractivity contribution in [1.82, 2.24) is 0 Å². The number of hydrogen-bond acceptors (Lipinski definition) is 4. The fourth-order valence-electron chi connectivity index (χ4n) is 1.72. The average Bonchev–Trinajstić information content (AvgIpc) is 2.99. The van der Waals surface area contributed by atoms with Gasteiger partial charge in [-0.2, -0.15) is 5.26 Å². The van der Waals surface area contributed by atoms with Crippen molar-refractivity contribution >= 4 is 35.2 Å². The maximum atomic E-state index is 11.6. The van der Waals surface area contributed by atoms with Crippen LogP contribution in [-0.4, -0.2) is 18.5 Å². The largest absolute Gasteiger partial charge is 0.460 e. The summed E-state index contributed by atoms with van der Waals surface area (Å²) in [4.78, 5) is 11.6. The third kappa shape index (κ3) is 3.91. The van der Waals surface area contributed by atoms with Crippen molar-refractivity contribution in [3.05, 3.63) is 52.8 Å². The highest BCUT2D eigenvalue weighted by Crippen LogP contribution is 2.29. The molecule has 0 radical (unpaired) electrons. The molecule has 2 aromatic rings. The number of rotatable bonds is 5. The molecule has 22 heavy (non-hydrogen) atoms. The van der Waals surface area contributed by atoms with Gasteiger partial charge in [-0.05, 0) is 24.3 Å². The van der Waals surface area contributed by atoms with Crippen LogP contribution in [0.2, 0.25) is 5.02 Å². The van der Waals surface area contributed by atoms with Crippen LogP contribution in [0.4, 0.5) is 0 Å². The van der Waals surface area contributed by atoms with Crippen molar-refractivity contribution in [3.63, 3.8) is 0 Å². The zero-order chi connectivity index (χ0) is 15.9. The number of alkyl halides is 1. The number of carbonyl (C=O) groups is 1.